The number of hydrogen-bond donors (Lipinski definition) is 1. The highest BCUT2D eigenvalue weighted by Crippen LogP contribution is 2.31. The third kappa shape index (κ3) is 2.06. The summed E-state index contributed by atoms with van der Waals surface area (Å²) < 4.78 is 1.94. The van der Waals surface area contributed by atoms with Crippen LogP contribution in [-0.2, 0) is 18.3 Å². The van der Waals surface area contributed by atoms with E-state index in [1.54, 1.807) is 0 Å². The number of ketones is 1. The van der Waals surface area contributed by atoms with Gasteiger partial charge in [0.05, 0.1) is 17.5 Å². The molecule has 0 saturated heterocycles. The molecule has 1 aliphatic rings. The van der Waals surface area contributed by atoms with Gasteiger partial charge >= 0.3 is 0 Å². The predicted octanol–water partition coefficient (Wildman–Crippen LogP) is 1.99. The third-order valence-corrected chi connectivity index (χ3v) is 4.15. The molecule has 2 aromatic rings. The first-order valence-electron chi connectivity index (χ1n) is 6.76. The third-order valence-electron chi connectivity index (χ3n) is 4.15. The fourth-order valence-electron chi connectivity index (χ4n) is 2.90. The number of aromatic nitrogens is 2. The molecule has 1 aromatic carbocycles. The number of fused-ring (bicyclic) bond motifs is 1. The Labute approximate surface area is 112 Å². The number of aryl methyl sites for hydroxylation is 1. The summed E-state index contributed by atoms with van der Waals surface area (Å²) in [5.41, 5.74) is 0.799. The van der Waals surface area contributed by atoms with E-state index in [-0.39, 0.29) is 12.2 Å². The number of hydrogen-bond acceptors (Lipinski definition) is 3. The first-order chi connectivity index (χ1) is 9.10. The second kappa shape index (κ2) is 4.46. The Balaban J connectivity index is 1.89. The molecule has 0 unspecified atom stereocenters. The van der Waals surface area contributed by atoms with Gasteiger partial charge in [-0.2, -0.15) is 0 Å². The molecule has 1 N–H and O–H groups in total. The maximum atomic E-state index is 12.3. The molecule has 19 heavy (non-hydrogen) atoms. The number of nitrogens with zero attached hydrogens (tertiary/aromatic N) is 2. The fourth-order valence-corrected chi connectivity index (χ4v) is 2.90. The molecule has 100 valence electrons. The average molecular weight is 258 g/mol. The van der Waals surface area contributed by atoms with Crippen LogP contribution >= 0.6 is 0 Å². The summed E-state index contributed by atoms with van der Waals surface area (Å²) in [5, 5.41) is 10.3. The van der Waals surface area contributed by atoms with Crippen molar-refractivity contribution < 1.29 is 9.90 Å². The van der Waals surface area contributed by atoms with Gasteiger partial charge in [0, 0.05) is 7.05 Å². The van der Waals surface area contributed by atoms with Gasteiger partial charge in [-0.05, 0) is 37.8 Å². The van der Waals surface area contributed by atoms with Gasteiger partial charge in [0.15, 0.2) is 5.78 Å². The molecule has 1 heterocycles. The first kappa shape index (κ1) is 12.4. The molecule has 0 spiro atoms. The Morgan fingerprint density at radius 2 is 2.05 bits per heavy atom. The number of Topliss-reactive ketones (excluding diaryl/α,β-unsaturated/α-hetero) is 1. The average Bonchev–Trinajstić information content (AvgIpc) is 2.97. The van der Waals surface area contributed by atoms with Crippen molar-refractivity contribution in [2.45, 2.75) is 37.7 Å². The van der Waals surface area contributed by atoms with Crippen molar-refractivity contribution in [3.63, 3.8) is 0 Å². The van der Waals surface area contributed by atoms with Gasteiger partial charge in [0.25, 0.3) is 0 Å². The summed E-state index contributed by atoms with van der Waals surface area (Å²) in [6.45, 7) is 0. The van der Waals surface area contributed by atoms with E-state index in [4.69, 9.17) is 0 Å². The fraction of sp³-hybridized carbons (Fsp3) is 0.467. The lowest BCUT2D eigenvalue weighted by atomic mass is 9.94. The molecule has 4 heteroatoms. The molecule has 1 aliphatic carbocycles. The molecule has 0 amide bonds. The minimum absolute atomic E-state index is 0.0941. The summed E-state index contributed by atoms with van der Waals surface area (Å²) in [7, 11) is 1.91. The monoisotopic (exact) mass is 258 g/mol. The van der Waals surface area contributed by atoms with Crippen molar-refractivity contribution in [1.29, 1.82) is 0 Å². The Hall–Kier alpha value is -1.68. The molecule has 1 saturated carbocycles. The summed E-state index contributed by atoms with van der Waals surface area (Å²) in [6.07, 6.45) is 3.27. The summed E-state index contributed by atoms with van der Waals surface area (Å²) in [5.74, 6) is 0.634. The van der Waals surface area contributed by atoms with Crippen molar-refractivity contribution >= 4 is 16.8 Å². The molecule has 1 fully saturated rings. The summed E-state index contributed by atoms with van der Waals surface area (Å²) in [4.78, 5) is 16.7. The molecule has 0 aliphatic heterocycles. The number of imidazole rings is 1. The van der Waals surface area contributed by atoms with Crippen LogP contribution in [0.4, 0.5) is 0 Å². The van der Waals surface area contributed by atoms with E-state index in [1.807, 2.05) is 35.9 Å². The summed E-state index contributed by atoms with van der Waals surface area (Å²) >= 11 is 0. The van der Waals surface area contributed by atoms with E-state index < -0.39 is 5.60 Å². The van der Waals surface area contributed by atoms with Gasteiger partial charge in [-0.3, -0.25) is 4.79 Å². The van der Waals surface area contributed by atoms with E-state index in [2.05, 4.69) is 4.98 Å². The predicted molar refractivity (Wildman–Crippen MR) is 72.8 cm³/mol. The van der Waals surface area contributed by atoms with Crippen molar-refractivity contribution in [1.82, 2.24) is 9.55 Å². The smallest absolute Gasteiger partial charge is 0.171 e. The quantitative estimate of drug-likeness (QED) is 0.916. The van der Waals surface area contributed by atoms with E-state index in [0.717, 1.165) is 29.7 Å². The van der Waals surface area contributed by atoms with E-state index >= 15 is 0 Å². The molecule has 3 rings (SSSR count). The van der Waals surface area contributed by atoms with Crippen LogP contribution in [0.15, 0.2) is 24.3 Å². The van der Waals surface area contributed by atoms with Gasteiger partial charge in [-0.15, -0.1) is 0 Å². The lowest BCUT2D eigenvalue weighted by molar-refractivity contribution is -0.136. The molecular weight excluding hydrogens is 240 g/mol. The molecular formula is C15H18N2O2. The Morgan fingerprint density at radius 3 is 2.74 bits per heavy atom. The van der Waals surface area contributed by atoms with Crippen molar-refractivity contribution in [2.24, 2.45) is 7.05 Å². The zero-order valence-electron chi connectivity index (χ0n) is 11.1. The van der Waals surface area contributed by atoms with Crippen LogP contribution in [0, 0.1) is 0 Å². The normalized spacial score (nSPS) is 18.0. The Bertz CT molecular complexity index is 624. The zero-order chi connectivity index (χ0) is 13.5. The second-order valence-electron chi connectivity index (χ2n) is 5.41. The lowest BCUT2D eigenvalue weighted by Gasteiger charge is -2.19. The highest BCUT2D eigenvalue weighted by molar-refractivity contribution is 5.89. The van der Waals surface area contributed by atoms with Crippen LogP contribution in [0.2, 0.25) is 0 Å². The number of para-hydroxylation sites is 2. The van der Waals surface area contributed by atoms with Crippen molar-refractivity contribution in [3.05, 3.63) is 30.1 Å². The molecule has 4 nitrogen and oxygen atoms in total. The first-order valence-corrected chi connectivity index (χ1v) is 6.76. The van der Waals surface area contributed by atoms with Crippen LogP contribution in [0.3, 0.4) is 0 Å². The highest BCUT2D eigenvalue weighted by Gasteiger charge is 2.38. The van der Waals surface area contributed by atoms with Crippen LogP contribution in [0.25, 0.3) is 11.0 Å². The van der Waals surface area contributed by atoms with Gasteiger partial charge in [-0.1, -0.05) is 12.1 Å². The largest absolute Gasteiger partial charge is 0.382 e. The van der Waals surface area contributed by atoms with Crippen LogP contribution in [0.5, 0.6) is 0 Å². The van der Waals surface area contributed by atoms with E-state index in [0.29, 0.717) is 12.8 Å². The molecule has 0 radical (unpaired) electrons. The number of carbonyl (C=O) groups is 1. The minimum atomic E-state index is -1.11. The van der Waals surface area contributed by atoms with Gasteiger partial charge < -0.3 is 9.67 Å². The number of aliphatic hydroxyl groups is 1. The number of carbonyl (C=O) groups excluding carboxylic acids is 1. The Kier molecular flexibility index (Phi) is 2.90. The zero-order valence-corrected chi connectivity index (χ0v) is 11.1. The van der Waals surface area contributed by atoms with Gasteiger partial charge in [0.2, 0.25) is 0 Å². The molecule has 0 atom stereocenters. The summed E-state index contributed by atoms with van der Waals surface area (Å²) in [6, 6.07) is 7.82. The van der Waals surface area contributed by atoms with Gasteiger partial charge in [0.1, 0.15) is 11.4 Å². The van der Waals surface area contributed by atoms with Crippen molar-refractivity contribution in [2.75, 3.05) is 0 Å². The number of rotatable bonds is 3. The van der Waals surface area contributed by atoms with Crippen LogP contribution in [0.1, 0.15) is 31.5 Å². The van der Waals surface area contributed by atoms with Crippen molar-refractivity contribution in [3.8, 4) is 0 Å². The number of benzene rings is 1. The lowest BCUT2D eigenvalue weighted by Crippen LogP contribution is -2.37. The maximum absolute atomic E-state index is 12.3. The van der Waals surface area contributed by atoms with Crippen LogP contribution < -0.4 is 0 Å². The van der Waals surface area contributed by atoms with E-state index in [1.165, 1.54) is 0 Å². The Morgan fingerprint density at radius 1 is 1.37 bits per heavy atom. The second-order valence-corrected chi connectivity index (χ2v) is 5.41. The van der Waals surface area contributed by atoms with Crippen LogP contribution in [-0.4, -0.2) is 26.0 Å². The standard InChI is InChI=1S/C15H18N2O2/c1-17-12-7-3-2-6-11(12)16-14(17)10-13(18)15(19)8-4-5-9-15/h2-3,6-7,19H,4-5,8-10H2,1H3. The van der Waals surface area contributed by atoms with E-state index in [9.17, 15) is 9.90 Å². The van der Waals surface area contributed by atoms with Gasteiger partial charge in [-0.25, -0.2) is 4.98 Å². The highest BCUT2D eigenvalue weighted by atomic mass is 16.3. The topological polar surface area (TPSA) is 55.1 Å². The molecule has 1 aromatic heterocycles. The maximum Gasteiger partial charge on any atom is 0.171 e. The SMILES string of the molecule is Cn1c(CC(=O)C2(O)CCCC2)nc2ccccc21. The molecule has 0 bridgehead atoms. The minimum Gasteiger partial charge on any atom is -0.382 e.